The van der Waals surface area contributed by atoms with Gasteiger partial charge in [-0.15, -0.1) is 0 Å². The van der Waals surface area contributed by atoms with Gasteiger partial charge in [0.2, 0.25) is 0 Å². The SMILES string of the molecule is O[C@@H]1CC[C@@H]2CN(Cc3ccccc3)C[C@H]2C1. The summed E-state index contributed by atoms with van der Waals surface area (Å²) in [6.45, 7) is 3.48. The molecule has 2 aliphatic rings. The van der Waals surface area contributed by atoms with E-state index in [-0.39, 0.29) is 6.10 Å². The van der Waals surface area contributed by atoms with E-state index in [0.717, 1.165) is 31.2 Å². The van der Waals surface area contributed by atoms with Gasteiger partial charge < -0.3 is 5.11 Å². The zero-order chi connectivity index (χ0) is 11.7. The second-order valence-electron chi connectivity index (χ2n) is 5.67. The van der Waals surface area contributed by atoms with Crippen LogP contribution in [0, 0.1) is 11.8 Å². The van der Waals surface area contributed by atoms with Gasteiger partial charge in [-0.05, 0) is 36.7 Å². The Morgan fingerprint density at radius 2 is 1.82 bits per heavy atom. The third-order valence-electron chi connectivity index (χ3n) is 4.35. The summed E-state index contributed by atoms with van der Waals surface area (Å²) in [5, 5.41) is 9.71. The van der Waals surface area contributed by atoms with Crippen LogP contribution in [0.1, 0.15) is 24.8 Å². The predicted molar refractivity (Wildman–Crippen MR) is 68.6 cm³/mol. The Bertz CT molecular complexity index is 364. The molecule has 1 aromatic carbocycles. The van der Waals surface area contributed by atoms with Crippen molar-refractivity contribution < 1.29 is 5.11 Å². The van der Waals surface area contributed by atoms with Gasteiger partial charge in [-0.2, -0.15) is 0 Å². The van der Waals surface area contributed by atoms with Crippen molar-refractivity contribution in [3.8, 4) is 0 Å². The van der Waals surface area contributed by atoms with E-state index >= 15 is 0 Å². The Labute approximate surface area is 103 Å². The summed E-state index contributed by atoms with van der Waals surface area (Å²) in [4.78, 5) is 2.56. The van der Waals surface area contributed by atoms with Crippen LogP contribution in [0.5, 0.6) is 0 Å². The number of aliphatic hydroxyl groups excluding tert-OH is 1. The van der Waals surface area contributed by atoms with Crippen molar-refractivity contribution in [2.75, 3.05) is 13.1 Å². The smallest absolute Gasteiger partial charge is 0.0543 e. The topological polar surface area (TPSA) is 23.5 Å². The van der Waals surface area contributed by atoms with Gasteiger partial charge in [-0.1, -0.05) is 30.3 Å². The van der Waals surface area contributed by atoms with E-state index in [2.05, 4.69) is 35.2 Å². The van der Waals surface area contributed by atoms with Crippen molar-refractivity contribution >= 4 is 0 Å². The molecular formula is C15H21NO. The Hall–Kier alpha value is -0.860. The first kappa shape index (κ1) is 11.2. The Morgan fingerprint density at radius 3 is 2.65 bits per heavy atom. The minimum absolute atomic E-state index is 0.0343. The molecule has 3 rings (SSSR count). The quantitative estimate of drug-likeness (QED) is 0.844. The molecule has 0 aromatic heterocycles. The monoisotopic (exact) mass is 231 g/mol. The molecule has 1 saturated heterocycles. The molecule has 1 heterocycles. The molecule has 0 spiro atoms. The highest BCUT2D eigenvalue weighted by Crippen LogP contribution is 2.36. The van der Waals surface area contributed by atoms with Gasteiger partial charge in [0, 0.05) is 19.6 Å². The Balaban J connectivity index is 1.60. The lowest BCUT2D eigenvalue weighted by molar-refractivity contribution is 0.0865. The summed E-state index contributed by atoms with van der Waals surface area (Å²) in [5.41, 5.74) is 1.41. The Kier molecular flexibility index (Phi) is 3.17. The summed E-state index contributed by atoms with van der Waals surface area (Å²) in [7, 11) is 0. The molecule has 92 valence electrons. The first-order valence-corrected chi connectivity index (χ1v) is 6.75. The fraction of sp³-hybridized carbons (Fsp3) is 0.600. The average molecular weight is 231 g/mol. The van der Waals surface area contributed by atoms with Gasteiger partial charge >= 0.3 is 0 Å². The van der Waals surface area contributed by atoms with Gasteiger partial charge in [0.15, 0.2) is 0 Å². The maximum absolute atomic E-state index is 9.71. The zero-order valence-electron chi connectivity index (χ0n) is 10.3. The van der Waals surface area contributed by atoms with Crippen LogP contribution in [-0.4, -0.2) is 29.2 Å². The molecule has 1 aliphatic heterocycles. The van der Waals surface area contributed by atoms with E-state index in [0.29, 0.717) is 0 Å². The van der Waals surface area contributed by atoms with E-state index in [9.17, 15) is 5.11 Å². The molecule has 1 N–H and O–H groups in total. The number of fused-ring (bicyclic) bond motifs is 1. The minimum atomic E-state index is -0.0343. The molecule has 1 aromatic rings. The molecule has 17 heavy (non-hydrogen) atoms. The average Bonchev–Trinajstić information content (AvgIpc) is 2.71. The molecular weight excluding hydrogens is 210 g/mol. The molecule has 1 aliphatic carbocycles. The lowest BCUT2D eigenvalue weighted by atomic mass is 9.80. The number of benzene rings is 1. The van der Waals surface area contributed by atoms with E-state index in [1.807, 2.05) is 0 Å². The van der Waals surface area contributed by atoms with Crippen LogP contribution < -0.4 is 0 Å². The lowest BCUT2D eigenvalue weighted by Gasteiger charge is -2.27. The molecule has 0 amide bonds. The molecule has 2 nitrogen and oxygen atoms in total. The molecule has 0 bridgehead atoms. The highest BCUT2D eigenvalue weighted by molar-refractivity contribution is 5.14. The van der Waals surface area contributed by atoms with Crippen LogP contribution in [-0.2, 0) is 6.54 Å². The number of aliphatic hydroxyl groups is 1. The number of rotatable bonds is 2. The van der Waals surface area contributed by atoms with Crippen LogP contribution in [0.3, 0.4) is 0 Å². The van der Waals surface area contributed by atoms with E-state index < -0.39 is 0 Å². The zero-order valence-corrected chi connectivity index (χ0v) is 10.3. The fourth-order valence-electron chi connectivity index (χ4n) is 3.47. The molecule has 0 unspecified atom stereocenters. The number of likely N-dealkylation sites (tertiary alicyclic amines) is 1. The van der Waals surface area contributed by atoms with Gasteiger partial charge in [0.25, 0.3) is 0 Å². The highest BCUT2D eigenvalue weighted by Gasteiger charge is 2.36. The first-order chi connectivity index (χ1) is 8.31. The summed E-state index contributed by atoms with van der Waals surface area (Å²) in [6, 6.07) is 10.7. The minimum Gasteiger partial charge on any atom is -0.393 e. The van der Waals surface area contributed by atoms with E-state index in [4.69, 9.17) is 0 Å². The van der Waals surface area contributed by atoms with Crippen LogP contribution >= 0.6 is 0 Å². The Morgan fingerprint density at radius 1 is 1.06 bits per heavy atom. The van der Waals surface area contributed by atoms with Crippen molar-refractivity contribution in [3.63, 3.8) is 0 Å². The van der Waals surface area contributed by atoms with Gasteiger partial charge in [-0.25, -0.2) is 0 Å². The molecule has 1 saturated carbocycles. The van der Waals surface area contributed by atoms with Crippen molar-refractivity contribution in [2.24, 2.45) is 11.8 Å². The third-order valence-corrected chi connectivity index (χ3v) is 4.35. The molecule has 2 heteroatoms. The van der Waals surface area contributed by atoms with E-state index in [1.54, 1.807) is 0 Å². The normalized spacial score (nSPS) is 33.6. The molecule has 0 radical (unpaired) electrons. The second-order valence-corrected chi connectivity index (χ2v) is 5.67. The van der Waals surface area contributed by atoms with Gasteiger partial charge in [0.05, 0.1) is 6.10 Å². The van der Waals surface area contributed by atoms with Crippen LogP contribution in [0.2, 0.25) is 0 Å². The fourth-order valence-corrected chi connectivity index (χ4v) is 3.47. The maximum atomic E-state index is 9.71. The lowest BCUT2D eigenvalue weighted by Crippen LogP contribution is -2.26. The summed E-state index contributed by atoms with van der Waals surface area (Å²) < 4.78 is 0. The largest absolute Gasteiger partial charge is 0.393 e. The molecule has 2 fully saturated rings. The van der Waals surface area contributed by atoms with Gasteiger partial charge in [0.1, 0.15) is 0 Å². The summed E-state index contributed by atoms with van der Waals surface area (Å²) in [6.07, 6.45) is 3.22. The molecule has 3 atom stereocenters. The van der Waals surface area contributed by atoms with Crippen molar-refractivity contribution in [3.05, 3.63) is 35.9 Å². The maximum Gasteiger partial charge on any atom is 0.0543 e. The van der Waals surface area contributed by atoms with E-state index in [1.165, 1.54) is 25.1 Å². The first-order valence-electron chi connectivity index (χ1n) is 6.75. The van der Waals surface area contributed by atoms with Gasteiger partial charge in [-0.3, -0.25) is 4.90 Å². The third kappa shape index (κ3) is 2.53. The van der Waals surface area contributed by atoms with Crippen molar-refractivity contribution in [1.82, 2.24) is 4.90 Å². The predicted octanol–water partition coefficient (Wildman–Crippen LogP) is 2.28. The van der Waals surface area contributed by atoms with Crippen molar-refractivity contribution in [1.29, 1.82) is 0 Å². The summed E-state index contributed by atoms with van der Waals surface area (Å²) >= 11 is 0. The number of nitrogens with zero attached hydrogens (tertiary/aromatic N) is 1. The highest BCUT2D eigenvalue weighted by atomic mass is 16.3. The van der Waals surface area contributed by atoms with Crippen LogP contribution in [0.25, 0.3) is 0 Å². The second kappa shape index (κ2) is 4.79. The number of hydrogen-bond acceptors (Lipinski definition) is 2. The standard InChI is InChI=1S/C15H21NO/c17-15-7-6-13-10-16(11-14(13)8-15)9-12-4-2-1-3-5-12/h1-5,13-15,17H,6-11H2/t13-,14-,15-/m1/s1. The van der Waals surface area contributed by atoms with Crippen LogP contribution in [0.4, 0.5) is 0 Å². The van der Waals surface area contributed by atoms with Crippen LogP contribution in [0.15, 0.2) is 30.3 Å². The summed E-state index contributed by atoms with van der Waals surface area (Å²) in [5.74, 6) is 1.57. The number of hydrogen-bond donors (Lipinski definition) is 1. The van der Waals surface area contributed by atoms with Crippen molar-refractivity contribution in [2.45, 2.75) is 31.9 Å².